The second-order valence-electron chi connectivity index (χ2n) is 5.92. The lowest BCUT2D eigenvalue weighted by molar-refractivity contribution is -0.119. The standard InChI is InChI=1S/C19H20FN5OS/c1-3-25-18(15-8-10-21-11-9-15)23-24-19(25)27-12-17(26)22-13(2)14-4-6-16(20)7-5-14/h4-11,13H,3,12H2,1-2H3,(H,22,26)/t13-/m0/s1. The van der Waals surface area contributed by atoms with Crippen molar-refractivity contribution < 1.29 is 9.18 Å². The molecule has 1 N–H and O–H groups in total. The zero-order valence-corrected chi connectivity index (χ0v) is 15.9. The Labute approximate surface area is 161 Å². The molecule has 6 nitrogen and oxygen atoms in total. The number of nitrogens with one attached hydrogen (secondary N) is 1. The van der Waals surface area contributed by atoms with Gasteiger partial charge in [-0.2, -0.15) is 0 Å². The summed E-state index contributed by atoms with van der Waals surface area (Å²) in [5.41, 5.74) is 1.78. The molecule has 0 unspecified atom stereocenters. The zero-order chi connectivity index (χ0) is 19.2. The molecule has 0 fully saturated rings. The molecule has 0 saturated carbocycles. The maximum atomic E-state index is 13.0. The summed E-state index contributed by atoms with van der Waals surface area (Å²) in [7, 11) is 0. The fraction of sp³-hybridized carbons (Fsp3) is 0.263. The number of aromatic nitrogens is 4. The number of hydrogen-bond acceptors (Lipinski definition) is 5. The smallest absolute Gasteiger partial charge is 0.230 e. The van der Waals surface area contributed by atoms with Crippen molar-refractivity contribution >= 4 is 17.7 Å². The SMILES string of the molecule is CCn1c(SCC(=O)N[C@@H](C)c2ccc(F)cc2)nnc1-c1ccncc1. The van der Waals surface area contributed by atoms with E-state index in [0.29, 0.717) is 11.7 Å². The first kappa shape index (κ1) is 19.0. The molecular weight excluding hydrogens is 365 g/mol. The summed E-state index contributed by atoms with van der Waals surface area (Å²) < 4.78 is 15.0. The maximum Gasteiger partial charge on any atom is 0.230 e. The molecule has 2 heterocycles. The Morgan fingerprint density at radius 2 is 1.89 bits per heavy atom. The van der Waals surface area contributed by atoms with Crippen LogP contribution in [0.5, 0.6) is 0 Å². The lowest BCUT2D eigenvalue weighted by Crippen LogP contribution is -2.28. The molecule has 1 amide bonds. The average Bonchev–Trinajstić information content (AvgIpc) is 3.10. The van der Waals surface area contributed by atoms with Gasteiger partial charge in [0.05, 0.1) is 11.8 Å². The molecule has 3 rings (SSSR count). The molecule has 27 heavy (non-hydrogen) atoms. The number of carbonyl (C=O) groups excluding carboxylic acids is 1. The second kappa shape index (κ2) is 8.77. The van der Waals surface area contributed by atoms with Crippen LogP contribution in [-0.4, -0.2) is 31.4 Å². The molecule has 2 aromatic heterocycles. The van der Waals surface area contributed by atoms with Crippen molar-refractivity contribution in [3.63, 3.8) is 0 Å². The third-order valence-corrected chi connectivity index (χ3v) is 5.02. The normalized spacial score (nSPS) is 12.0. The Morgan fingerprint density at radius 3 is 2.56 bits per heavy atom. The molecule has 0 spiro atoms. The summed E-state index contributed by atoms with van der Waals surface area (Å²) >= 11 is 1.34. The number of pyridine rings is 1. The highest BCUT2D eigenvalue weighted by Gasteiger charge is 2.15. The Balaban J connectivity index is 1.62. The van der Waals surface area contributed by atoms with Gasteiger partial charge >= 0.3 is 0 Å². The third-order valence-electron chi connectivity index (χ3n) is 4.05. The van der Waals surface area contributed by atoms with E-state index in [2.05, 4.69) is 20.5 Å². The van der Waals surface area contributed by atoms with Crippen molar-refractivity contribution in [2.24, 2.45) is 0 Å². The van der Waals surface area contributed by atoms with E-state index >= 15 is 0 Å². The van der Waals surface area contributed by atoms with Gasteiger partial charge in [-0.25, -0.2) is 4.39 Å². The van der Waals surface area contributed by atoms with Gasteiger partial charge in [0.1, 0.15) is 5.82 Å². The van der Waals surface area contributed by atoms with Crippen molar-refractivity contribution in [3.05, 3.63) is 60.2 Å². The van der Waals surface area contributed by atoms with E-state index in [0.717, 1.165) is 17.0 Å². The van der Waals surface area contributed by atoms with Gasteiger partial charge in [0, 0.05) is 24.5 Å². The van der Waals surface area contributed by atoms with E-state index in [4.69, 9.17) is 0 Å². The highest BCUT2D eigenvalue weighted by molar-refractivity contribution is 7.99. The molecule has 0 aliphatic rings. The number of thioether (sulfide) groups is 1. The molecule has 1 atom stereocenters. The van der Waals surface area contributed by atoms with Crippen LogP contribution in [0.2, 0.25) is 0 Å². The van der Waals surface area contributed by atoms with Crippen LogP contribution in [0.1, 0.15) is 25.5 Å². The topological polar surface area (TPSA) is 72.7 Å². The lowest BCUT2D eigenvalue weighted by Gasteiger charge is -2.14. The van der Waals surface area contributed by atoms with E-state index in [1.165, 1.54) is 23.9 Å². The van der Waals surface area contributed by atoms with Gasteiger partial charge in [0.25, 0.3) is 0 Å². The van der Waals surface area contributed by atoms with Crippen LogP contribution >= 0.6 is 11.8 Å². The van der Waals surface area contributed by atoms with Gasteiger partial charge in [-0.15, -0.1) is 10.2 Å². The number of halogens is 1. The molecule has 1 aromatic carbocycles. The van der Waals surface area contributed by atoms with E-state index in [-0.39, 0.29) is 23.5 Å². The van der Waals surface area contributed by atoms with Crippen LogP contribution in [0.25, 0.3) is 11.4 Å². The first-order chi connectivity index (χ1) is 13.1. The zero-order valence-electron chi connectivity index (χ0n) is 15.1. The van der Waals surface area contributed by atoms with Crippen molar-refractivity contribution in [2.45, 2.75) is 31.6 Å². The number of amides is 1. The van der Waals surface area contributed by atoms with Gasteiger partial charge in [-0.05, 0) is 43.7 Å². The van der Waals surface area contributed by atoms with Crippen LogP contribution in [-0.2, 0) is 11.3 Å². The van der Waals surface area contributed by atoms with Crippen molar-refractivity contribution in [3.8, 4) is 11.4 Å². The number of hydrogen-bond donors (Lipinski definition) is 1. The Hall–Kier alpha value is -2.74. The Kier molecular flexibility index (Phi) is 6.18. The highest BCUT2D eigenvalue weighted by atomic mass is 32.2. The predicted octanol–water partition coefficient (Wildman–Crippen LogP) is 3.47. The van der Waals surface area contributed by atoms with Gasteiger partial charge in [-0.3, -0.25) is 9.78 Å². The molecule has 0 radical (unpaired) electrons. The van der Waals surface area contributed by atoms with Gasteiger partial charge < -0.3 is 9.88 Å². The summed E-state index contributed by atoms with van der Waals surface area (Å²) in [4.78, 5) is 16.3. The van der Waals surface area contributed by atoms with Crippen LogP contribution < -0.4 is 5.32 Å². The van der Waals surface area contributed by atoms with E-state index in [9.17, 15) is 9.18 Å². The minimum absolute atomic E-state index is 0.118. The van der Waals surface area contributed by atoms with Crippen LogP contribution in [0, 0.1) is 5.82 Å². The molecule has 3 aromatic rings. The summed E-state index contributed by atoms with van der Waals surface area (Å²) in [6, 6.07) is 9.66. The van der Waals surface area contributed by atoms with Crippen molar-refractivity contribution in [1.29, 1.82) is 0 Å². The lowest BCUT2D eigenvalue weighted by atomic mass is 10.1. The average molecular weight is 385 g/mol. The van der Waals surface area contributed by atoms with Crippen molar-refractivity contribution in [2.75, 3.05) is 5.75 Å². The summed E-state index contributed by atoms with van der Waals surface area (Å²) in [5, 5.41) is 12.1. The first-order valence-corrected chi connectivity index (χ1v) is 9.58. The van der Waals surface area contributed by atoms with Gasteiger partial charge in [0.2, 0.25) is 5.91 Å². The molecular formula is C19H20FN5OS. The molecule has 0 saturated heterocycles. The quantitative estimate of drug-likeness (QED) is 0.631. The Morgan fingerprint density at radius 1 is 1.19 bits per heavy atom. The highest BCUT2D eigenvalue weighted by Crippen LogP contribution is 2.23. The summed E-state index contributed by atoms with van der Waals surface area (Å²) in [6.07, 6.45) is 3.42. The minimum atomic E-state index is -0.295. The predicted molar refractivity (Wildman–Crippen MR) is 103 cm³/mol. The fourth-order valence-corrected chi connectivity index (χ4v) is 3.46. The molecule has 140 valence electrons. The minimum Gasteiger partial charge on any atom is -0.349 e. The number of rotatable bonds is 7. The van der Waals surface area contributed by atoms with Crippen LogP contribution in [0.4, 0.5) is 4.39 Å². The summed E-state index contributed by atoms with van der Waals surface area (Å²) in [5.74, 6) is 0.562. The van der Waals surface area contributed by atoms with E-state index < -0.39 is 0 Å². The van der Waals surface area contributed by atoms with Gasteiger partial charge in [0.15, 0.2) is 11.0 Å². The van der Waals surface area contributed by atoms with Crippen LogP contribution in [0.15, 0.2) is 53.9 Å². The second-order valence-corrected chi connectivity index (χ2v) is 6.86. The fourth-order valence-electron chi connectivity index (χ4n) is 2.64. The molecule has 0 aliphatic heterocycles. The van der Waals surface area contributed by atoms with Crippen LogP contribution in [0.3, 0.4) is 0 Å². The molecule has 0 aliphatic carbocycles. The monoisotopic (exact) mass is 385 g/mol. The number of benzene rings is 1. The molecule has 0 bridgehead atoms. The van der Waals surface area contributed by atoms with E-state index in [1.54, 1.807) is 24.5 Å². The third kappa shape index (κ3) is 4.71. The van der Waals surface area contributed by atoms with E-state index in [1.807, 2.05) is 30.5 Å². The number of carbonyl (C=O) groups is 1. The Bertz CT molecular complexity index is 898. The summed E-state index contributed by atoms with van der Waals surface area (Å²) in [6.45, 7) is 4.57. The number of nitrogens with zero attached hydrogens (tertiary/aromatic N) is 4. The maximum absolute atomic E-state index is 13.0. The van der Waals surface area contributed by atoms with Crippen molar-refractivity contribution in [1.82, 2.24) is 25.1 Å². The van der Waals surface area contributed by atoms with Gasteiger partial charge in [-0.1, -0.05) is 23.9 Å². The molecule has 8 heteroatoms. The first-order valence-electron chi connectivity index (χ1n) is 8.59. The largest absolute Gasteiger partial charge is 0.349 e.